The molecule has 0 aromatic heterocycles. The Balaban J connectivity index is 0.00000242. The van der Waals surface area contributed by atoms with Crippen LogP contribution in [0.25, 0.3) is 0 Å². The zero-order valence-corrected chi connectivity index (χ0v) is 15.1. The smallest absolute Gasteiger partial charge is 0.388 e. The summed E-state index contributed by atoms with van der Waals surface area (Å²) in [6.45, 7) is 0.391. The fourth-order valence-electron chi connectivity index (χ4n) is 3.02. The van der Waals surface area contributed by atoms with E-state index in [0.717, 1.165) is 25.7 Å². The van der Waals surface area contributed by atoms with Gasteiger partial charge in [-0.1, -0.05) is 6.42 Å². The summed E-state index contributed by atoms with van der Waals surface area (Å²) in [5.74, 6) is -0.749. The van der Waals surface area contributed by atoms with Gasteiger partial charge in [0.2, 0.25) is 0 Å². The molecule has 8 heteroatoms. The molecule has 0 aromatic rings. The third kappa shape index (κ3) is 5.43. The van der Waals surface area contributed by atoms with E-state index >= 15 is 0 Å². The minimum absolute atomic E-state index is 0. The first-order chi connectivity index (χ1) is 9.82. The zero-order valence-electron chi connectivity index (χ0n) is 12.7. The maximum absolute atomic E-state index is 12.8. The number of alkyl halides is 3. The molecule has 0 bridgehead atoms. The van der Waals surface area contributed by atoms with Crippen LogP contribution in [-0.4, -0.2) is 42.5 Å². The first-order valence-corrected chi connectivity index (χ1v) is 7.59. The summed E-state index contributed by atoms with van der Waals surface area (Å²) in [4.78, 5) is 4.03. The molecule has 2 fully saturated rings. The number of nitrogens with zero attached hydrogens (tertiary/aromatic N) is 1. The van der Waals surface area contributed by atoms with Crippen molar-refractivity contribution in [2.75, 3.05) is 13.6 Å². The molecule has 4 nitrogen and oxygen atoms in total. The molecular formula is C14H25F3IN3O. The fraction of sp³-hybridized carbons (Fsp3) is 0.929. The van der Waals surface area contributed by atoms with Crippen molar-refractivity contribution in [2.45, 2.75) is 62.8 Å². The van der Waals surface area contributed by atoms with Gasteiger partial charge in [-0.25, -0.2) is 0 Å². The Morgan fingerprint density at radius 3 is 2.45 bits per heavy atom. The van der Waals surface area contributed by atoms with Gasteiger partial charge in [0.1, 0.15) is 0 Å². The Bertz CT molecular complexity index is 386. The summed E-state index contributed by atoms with van der Waals surface area (Å²) in [5, 5.41) is 16.1. The van der Waals surface area contributed by atoms with Crippen LogP contribution in [0.4, 0.5) is 13.2 Å². The highest BCUT2D eigenvalue weighted by molar-refractivity contribution is 14.0. The van der Waals surface area contributed by atoms with Crippen LogP contribution in [-0.2, 0) is 0 Å². The molecule has 22 heavy (non-hydrogen) atoms. The van der Waals surface area contributed by atoms with Crippen molar-refractivity contribution in [3.8, 4) is 0 Å². The quantitative estimate of drug-likeness (QED) is 0.363. The van der Waals surface area contributed by atoms with E-state index in [2.05, 4.69) is 15.6 Å². The minimum Gasteiger partial charge on any atom is -0.388 e. The van der Waals surface area contributed by atoms with Crippen LogP contribution < -0.4 is 10.6 Å². The number of aliphatic imine (C=N–C) groups is 1. The molecule has 130 valence electrons. The second-order valence-electron chi connectivity index (χ2n) is 6.25. The molecular weight excluding hydrogens is 410 g/mol. The van der Waals surface area contributed by atoms with Crippen LogP contribution in [0.1, 0.15) is 44.9 Å². The van der Waals surface area contributed by atoms with Crippen molar-refractivity contribution in [3.63, 3.8) is 0 Å². The zero-order chi connectivity index (χ0) is 15.5. The molecule has 0 radical (unpaired) electrons. The predicted octanol–water partition coefficient (Wildman–Crippen LogP) is 2.81. The van der Waals surface area contributed by atoms with E-state index in [4.69, 9.17) is 0 Å². The second-order valence-corrected chi connectivity index (χ2v) is 6.25. The molecule has 2 atom stereocenters. The van der Waals surface area contributed by atoms with Gasteiger partial charge >= 0.3 is 6.18 Å². The van der Waals surface area contributed by atoms with Crippen molar-refractivity contribution in [3.05, 3.63) is 0 Å². The second kappa shape index (κ2) is 8.03. The lowest BCUT2D eigenvalue weighted by Crippen LogP contribution is -2.53. The normalized spacial score (nSPS) is 28.3. The maximum atomic E-state index is 12.8. The topological polar surface area (TPSA) is 56.7 Å². The van der Waals surface area contributed by atoms with Crippen LogP contribution >= 0.6 is 24.0 Å². The highest BCUT2D eigenvalue weighted by atomic mass is 127. The summed E-state index contributed by atoms with van der Waals surface area (Å²) >= 11 is 0. The Kier molecular flexibility index (Phi) is 7.22. The van der Waals surface area contributed by atoms with Gasteiger partial charge in [0.15, 0.2) is 5.96 Å². The van der Waals surface area contributed by atoms with E-state index in [9.17, 15) is 18.3 Å². The number of guanidine groups is 1. The van der Waals surface area contributed by atoms with Crippen LogP contribution in [0, 0.1) is 5.92 Å². The molecule has 0 aromatic carbocycles. The number of hydrogen-bond acceptors (Lipinski definition) is 2. The molecule has 2 unspecified atom stereocenters. The molecule has 2 rings (SSSR count). The van der Waals surface area contributed by atoms with Crippen LogP contribution in [0.5, 0.6) is 0 Å². The summed E-state index contributed by atoms with van der Waals surface area (Å²) in [6.07, 6.45) is 0.0217. The number of nitrogens with one attached hydrogen (secondary N) is 2. The Labute approximate surface area is 146 Å². The fourth-order valence-corrected chi connectivity index (χ4v) is 3.02. The molecule has 3 N–H and O–H groups in total. The molecule has 2 aliphatic rings. The third-order valence-electron chi connectivity index (χ3n) is 4.57. The summed E-state index contributed by atoms with van der Waals surface area (Å²) in [6, 6.07) is -0.215. The lowest BCUT2D eigenvalue weighted by atomic mass is 9.80. The van der Waals surface area contributed by atoms with E-state index in [0.29, 0.717) is 18.9 Å². The van der Waals surface area contributed by atoms with Crippen molar-refractivity contribution < 1.29 is 18.3 Å². The SMILES string of the molecule is CN=C(NCC1(O)CCC1)NC1CCCC(C(F)(F)F)C1.I. The lowest BCUT2D eigenvalue weighted by Gasteiger charge is -2.37. The molecule has 0 amide bonds. The number of halogens is 4. The Morgan fingerprint density at radius 1 is 1.27 bits per heavy atom. The van der Waals surface area contributed by atoms with Crippen LogP contribution in [0.2, 0.25) is 0 Å². The molecule has 2 saturated carbocycles. The van der Waals surface area contributed by atoms with Crippen LogP contribution in [0.3, 0.4) is 0 Å². The van der Waals surface area contributed by atoms with E-state index in [-0.39, 0.29) is 42.9 Å². The molecule has 2 aliphatic carbocycles. The molecule has 0 saturated heterocycles. The highest BCUT2D eigenvalue weighted by Crippen LogP contribution is 2.37. The van der Waals surface area contributed by atoms with Crippen molar-refractivity contribution in [1.82, 2.24) is 10.6 Å². The van der Waals surface area contributed by atoms with Gasteiger partial charge in [0.25, 0.3) is 0 Å². The average Bonchev–Trinajstić information content (AvgIpc) is 2.40. The molecule has 0 heterocycles. The van der Waals surface area contributed by atoms with Crippen molar-refractivity contribution >= 4 is 29.9 Å². The van der Waals surface area contributed by atoms with Gasteiger partial charge in [-0.05, 0) is 38.5 Å². The monoisotopic (exact) mass is 435 g/mol. The first kappa shape index (κ1) is 19.8. The maximum Gasteiger partial charge on any atom is 0.391 e. The predicted molar refractivity (Wildman–Crippen MR) is 90.5 cm³/mol. The lowest BCUT2D eigenvalue weighted by molar-refractivity contribution is -0.183. The van der Waals surface area contributed by atoms with E-state index in [1.807, 2.05) is 0 Å². The van der Waals surface area contributed by atoms with E-state index < -0.39 is 17.7 Å². The number of hydrogen-bond donors (Lipinski definition) is 3. The van der Waals surface area contributed by atoms with Gasteiger partial charge in [-0.2, -0.15) is 13.2 Å². The van der Waals surface area contributed by atoms with E-state index in [1.165, 1.54) is 0 Å². The van der Waals surface area contributed by atoms with Gasteiger partial charge in [-0.15, -0.1) is 24.0 Å². The Hall–Kier alpha value is -0.250. The van der Waals surface area contributed by atoms with E-state index in [1.54, 1.807) is 7.05 Å². The molecule has 0 spiro atoms. The summed E-state index contributed by atoms with van der Waals surface area (Å²) in [5.41, 5.74) is -0.682. The van der Waals surface area contributed by atoms with Crippen LogP contribution in [0.15, 0.2) is 4.99 Å². The summed E-state index contributed by atoms with van der Waals surface area (Å²) in [7, 11) is 1.59. The number of aliphatic hydroxyl groups is 1. The van der Waals surface area contributed by atoms with Gasteiger partial charge in [0.05, 0.1) is 11.5 Å². The largest absolute Gasteiger partial charge is 0.391 e. The minimum atomic E-state index is -4.11. The average molecular weight is 435 g/mol. The van der Waals surface area contributed by atoms with Gasteiger partial charge < -0.3 is 15.7 Å². The first-order valence-electron chi connectivity index (χ1n) is 7.59. The molecule has 0 aliphatic heterocycles. The Morgan fingerprint density at radius 2 is 1.95 bits per heavy atom. The van der Waals surface area contributed by atoms with Crippen molar-refractivity contribution in [2.24, 2.45) is 10.9 Å². The van der Waals surface area contributed by atoms with Crippen molar-refractivity contribution in [1.29, 1.82) is 0 Å². The van der Waals surface area contributed by atoms with Gasteiger partial charge in [-0.3, -0.25) is 4.99 Å². The highest BCUT2D eigenvalue weighted by Gasteiger charge is 2.42. The third-order valence-corrected chi connectivity index (χ3v) is 4.57. The summed E-state index contributed by atoms with van der Waals surface area (Å²) < 4.78 is 38.4. The number of rotatable bonds is 3. The van der Waals surface area contributed by atoms with Gasteiger partial charge in [0, 0.05) is 19.6 Å². The standard InChI is InChI=1S/C14H24F3N3O.HI/c1-18-12(19-9-13(21)6-3-7-13)20-11-5-2-4-10(8-11)14(15,16)17;/h10-11,21H,2-9H2,1H3,(H2,18,19,20);1H.